The van der Waals surface area contributed by atoms with Gasteiger partial charge < -0.3 is 0 Å². The van der Waals surface area contributed by atoms with Gasteiger partial charge in [-0.2, -0.15) is 10.4 Å². The second-order valence-corrected chi connectivity index (χ2v) is 12.8. The molecular weight excluding hydrogens is 508 g/mol. The summed E-state index contributed by atoms with van der Waals surface area (Å²) in [5, 5.41) is 15.2. The summed E-state index contributed by atoms with van der Waals surface area (Å²) in [5.74, 6) is 1.34. The minimum absolute atomic E-state index is 0.00592. The van der Waals surface area contributed by atoms with Crippen molar-refractivity contribution in [2.75, 3.05) is 0 Å². The molecule has 4 aliphatic carbocycles. The molecule has 0 radical (unpaired) electrons. The van der Waals surface area contributed by atoms with E-state index in [1.54, 1.807) is 6.92 Å². The van der Waals surface area contributed by atoms with E-state index in [1.165, 1.54) is 24.2 Å². The summed E-state index contributed by atoms with van der Waals surface area (Å²) < 4.78 is 1.94. The van der Waals surface area contributed by atoms with Gasteiger partial charge in [-0.25, -0.2) is 4.68 Å². The second kappa shape index (κ2) is 9.69. The Morgan fingerprint density at radius 2 is 1.56 bits per heavy atom. The van der Waals surface area contributed by atoms with Crippen molar-refractivity contribution in [1.29, 1.82) is 5.26 Å². The molecule has 1 aromatic heterocycles. The van der Waals surface area contributed by atoms with Crippen LogP contribution >= 0.6 is 0 Å². The van der Waals surface area contributed by atoms with Gasteiger partial charge in [0.15, 0.2) is 0 Å². The zero-order valence-electron chi connectivity index (χ0n) is 23.6. The van der Waals surface area contributed by atoms with E-state index in [0.29, 0.717) is 11.1 Å². The SMILES string of the molecule is CC1=C(C#N)C(=O)N(Cc2ccc(C)cc2)C(=O)/C1=C/c1cn(-c2ccccc2)nc1C12CC3CC(CC(C3)C1)C2. The average Bonchev–Trinajstić information content (AvgIpc) is 3.40. The van der Waals surface area contributed by atoms with Gasteiger partial charge in [-0.15, -0.1) is 0 Å². The van der Waals surface area contributed by atoms with Gasteiger partial charge in [0.2, 0.25) is 0 Å². The fourth-order valence-electron chi connectivity index (χ4n) is 8.32. The lowest BCUT2D eigenvalue weighted by Gasteiger charge is -2.56. The number of imide groups is 1. The molecule has 4 bridgehead atoms. The molecule has 41 heavy (non-hydrogen) atoms. The van der Waals surface area contributed by atoms with Gasteiger partial charge in [-0.1, -0.05) is 48.0 Å². The number of para-hydroxylation sites is 1. The minimum Gasteiger partial charge on any atom is -0.269 e. The van der Waals surface area contributed by atoms with Gasteiger partial charge in [0.05, 0.1) is 17.9 Å². The monoisotopic (exact) mass is 542 g/mol. The van der Waals surface area contributed by atoms with Crippen LogP contribution in [0.15, 0.2) is 77.5 Å². The molecule has 4 fully saturated rings. The van der Waals surface area contributed by atoms with E-state index in [2.05, 4.69) is 6.07 Å². The number of aromatic nitrogens is 2. The van der Waals surface area contributed by atoms with Crippen molar-refractivity contribution in [2.45, 2.75) is 64.3 Å². The normalized spacial score (nSPS) is 28.1. The molecular formula is C35H34N4O2. The Morgan fingerprint density at radius 3 is 2.17 bits per heavy atom. The predicted molar refractivity (Wildman–Crippen MR) is 156 cm³/mol. The summed E-state index contributed by atoms with van der Waals surface area (Å²) in [6, 6.07) is 20.0. The predicted octanol–water partition coefficient (Wildman–Crippen LogP) is 6.44. The van der Waals surface area contributed by atoms with Gasteiger partial charge in [-0.05, 0) is 99.5 Å². The number of rotatable bonds is 5. The number of benzene rings is 2. The van der Waals surface area contributed by atoms with E-state index in [4.69, 9.17) is 5.10 Å². The molecule has 5 aliphatic rings. The van der Waals surface area contributed by atoms with Crippen molar-refractivity contribution in [1.82, 2.24) is 14.7 Å². The molecule has 3 aromatic rings. The summed E-state index contributed by atoms with van der Waals surface area (Å²) >= 11 is 0. The van der Waals surface area contributed by atoms with E-state index in [9.17, 15) is 14.9 Å². The largest absolute Gasteiger partial charge is 0.271 e. The van der Waals surface area contributed by atoms with Crippen molar-refractivity contribution in [2.24, 2.45) is 17.8 Å². The molecule has 2 amide bonds. The average molecular weight is 543 g/mol. The van der Waals surface area contributed by atoms with Crippen LogP contribution in [0.4, 0.5) is 0 Å². The summed E-state index contributed by atoms with van der Waals surface area (Å²) in [6.45, 7) is 3.84. The molecule has 0 N–H and O–H groups in total. The van der Waals surface area contributed by atoms with Crippen molar-refractivity contribution in [3.63, 3.8) is 0 Å². The van der Waals surface area contributed by atoms with Crippen LogP contribution in [0.5, 0.6) is 0 Å². The van der Waals surface area contributed by atoms with Crippen LogP contribution in [-0.2, 0) is 21.5 Å². The fourth-order valence-corrected chi connectivity index (χ4v) is 8.32. The van der Waals surface area contributed by atoms with Gasteiger partial charge in [0.1, 0.15) is 11.6 Å². The Labute approximate surface area is 241 Å². The highest BCUT2D eigenvalue weighted by Gasteiger charge is 2.53. The molecule has 0 atom stereocenters. The lowest BCUT2D eigenvalue weighted by molar-refractivity contribution is -0.141. The number of nitrogens with zero attached hydrogens (tertiary/aromatic N) is 4. The lowest BCUT2D eigenvalue weighted by Crippen LogP contribution is -2.49. The first-order valence-corrected chi connectivity index (χ1v) is 14.7. The zero-order valence-corrected chi connectivity index (χ0v) is 23.6. The maximum atomic E-state index is 14.0. The Balaban J connectivity index is 1.35. The molecule has 8 rings (SSSR count). The van der Waals surface area contributed by atoms with Crippen molar-refractivity contribution in [3.8, 4) is 11.8 Å². The van der Waals surface area contributed by atoms with Crippen LogP contribution < -0.4 is 0 Å². The third-order valence-corrected chi connectivity index (χ3v) is 9.89. The summed E-state index contributed by atoms with van der Waals surface area (Å²) in [7, 11) is 0. The van der Waals surface area contributed by atoms with E-state index < -0.39 is 5.91 Å². The van der Waals surface area contributed by atoms with Gasteiger partial charge in [0, 0.05) is 22.7 Å². The molecule has 0 saturated heterocycles. The quantitative estimate of drug-likeness (QED) is 0.275. The maximum Gasteiger partial charge on any atom is 0.271 e. The minimum atomic E-state index is -0.533. The number of carbonyl (C=O) groups excluding carboxylic acids is 2. The van der Waals surface area contributed by atoms with Crippen molar-refractivity contribution >= 4 is 17.9 Å². The summed E-state index contributed by atoms with van der Waals surface area (Å²) in [5.41, 5.74) is 5.76. The first-order valence-electron chi connectivity index (χ1n) is 14.7. The highest BCUT2D eigenvalue weighted by Crippen LogP contribution is 2.61. The molecule has 1 aliphatic heterocycles. The molecule has 0 unspecified atom stereocenters. The maximum absolute atomic E-state index is 14.0. The third-order valence-electron chi connectivity index (χ3n) is 9.89. The molecule has 6 nitrogen and oxygen atoms in total. The summed E-state index contributed by atoms with van der Waals surface area (Å²) in [4.78, 5) is 28.5. The van der Waals surface area contributed by atoms with E-state index in [1.807, 2.05) is 78.5 Å². The highest BCUT2D eigenvalue weighted by molar-refractivity contribution is 6.19. The number of hydrogen-bond acceptors (Lipinski definition) is 4. The topological polar surface area (TPSA) is 79.0 Å². The second-order valence-electron chi connectivity index (χ2n) is 12.8. The summed E-state index contributed by atoms with van der Waals surface area (Å²) in [6.07, 6.45) is 11.4. The van der Waals surface area contributed by atoms with Crippen LogP contribution in [0.3, 0.4) is 0 Å². The van der Waals surface area contributed by atoms with Gasteiger partial charge in [-0.3, -0.25) is 14.5 Å². The Morgan fingerprint density at radius 1 is 0.927 bits per heavy atom. The Hall–Kier alpha value is -4.24. The lowest BCUT2D eigenvalue weighted by atomic mass is 9.48. The smallest absolute Gasteiger partial charge is 0.269 e. The van der Waals surface area contributed by atoms with Crippen LogP contribution in [-0.4, -0.2) is 26.5 Å². The molecule has 0 spiro atoms. The zero-order chi connectivity index (χ0) is 28.3. The standard InChI is InChI=1S/C35H34N4O2/c1-22-8-10-24(11-9-22)20-38-33(40)30(23(2)31(19-36)34(38)41)15-28-21-39(29-6-4-3-5-7-29)37-32(28)35-16-25-12-26(17-35)14-27(13-25)18-35/h3-11,15,21,25-27H,12-14,16-18,20H2,1-2H3/b30-15+. The molecule has 206 valence electrons. The molecule has 6 heteroatoms. The van der Waals surface area contributed by atoms with E-state index in [0.717, 1.165) is 65.1 Å². The van der Waals surface area contributed by atoms with Crippen LogP contribution in [0.2, 0.25) is 0 Å². The Kier molecular flexibility index (Phi) is 6.08. The first-order chi connectivity index (χ1) is 19.8. The fraction of sp³-hybridized carbons (Fsp3) is 0.371. The first kappa shape index (κ1) is 25.7. The van der Waals surface area contributed by atoms with Crippen LogP contribution in [0.25, 0.3) is 11.8 Å². The highest BCUT2D eigenvalue weighted by atomic mass is 16.2. The third kappa shape index (κ3) is 4.35. The van der Waals surface area contributed by atoms with Gasteiger partial charge >= 0.3 is 0 Å². The van der Waals surface area contributed by atoms with E-state index in [-0.39, 0.29) is 23.4 Å². The number of aryl methyl sites for hydroxylation is 1. The van der Waals surface area contributed by atoms with Crippen LogP contribution in [0, 0.1) is 36.0 Å². The number of amides is 2. The molecule has 2 heterocycles. The van der Waals surface area contributed by atoms with Gasteiger partial charge in [0.25, 0.3) is 11.8 Å². The van der Waals surface area contributed by atoms with E-state index >= 15 is 0 Å². The molecule has 2 aromatic carbocycles. The number of carbonyl (C=O) groups is 2. The number of nitriles is 1. The van der Waals surface area contributed by atoms with Crippen molar-refractivity contribution in [3.05, 3.63) is 99.9 Å². The van der Waals surface area contributed by atoms with Crippen molar-refractivity contribution < 1.29 is 9.59 Å². The molecule has 4 saturated carbocycles. The Bertz CT molecular complexity index is 1620. The van der Waals surface area contributed by atoms with Crippen LogP contribution in [0.1, 0.15) is 67.8 Å². The number of hydrogen-bond donors (Lipinski definition) is 0.